The second kappa shape index (κ2) is 5.74. The summed E-state index contributed by atoms with van der Waals surface area (Å²) in [5, 5.41) is 12.0. The van der Waals surface area contributed by atoms with Gasteiger partial charge in [-0.15, -0.1) is 11.3 Å². The fourth-order valence-electron chi connectivity index (χ4n) is 1.45. The molecule has 1 N–H and O–H groups in total. The molecule has 1 aromatic heterocycles. The summed E-state index contributed by atoms with van der Waals surface area (Å²) in [6.07, 6.45) is 0. The van der Waals surface area contributed by atoms with Gasteiger partial charge in [-0.25, -0.2) is 0 Å². The molecule has 1 heterocycles. The van der Waals surface area contributed by atoms with Gasteiger partial charge in [-0.2, -0.15) is 5.26 Å². The Morgan fingerprint density at radius 1 is 1.47 bits per heavy atom. The van der Waals surface area contributed by atoms with E-state index in [1.807, 2.05) is 19.1 Å². The number of benzene rings is 1. The Hall–Kier alpha value is -1.35. The van der Waals surface area contributed by atoms with Crippen molar-refractivity contribution >= 4 is 50.5 Å². The Labute approximate surface area is 127 Å². The molecule has 0 aliphatic rings. The van der Waals surface area contributed by atoms with Crippen LogP contribution in [0.25, 0.3) is 0 Å². The van der Waals surface area contributed by atoms with Gasteiger partial charge in [0.1, 0.15) is 6.07 Å². The van der Waals surface area contributed by atoms with Gasteiger partial charge < -0.3 is 5.32 Å². The van der Waals surface area contributed by atoms with E-state index in [1.165, 1.54) is 11.3 Å². The van der Waals surface area contributed by atoms with Crippen molar-refractivity contribution in [2.24, 2.45) is 0 Å². The molecule has 96 valence electrons. The maximum atomic E-state index is 12.0. The van der Waals surface area contributed by atoms with E-state index in [-0.39, 0.29) is 5.91 Å². The lowest BCUT2D eigenvalue weighted by Crippen LogP contribution is -2.10. The van der Waals surface area contributed by atoms with Crippen molar-refractivity contribution in [3.8, 4) is 6.07 Å². The molecule has 2 aromatic rings. The first-order valence-electron chi connectivity index (χ1n) is 5.28. The average Bonchev–Trinajstić information content (AvgIpc) is 2.72. The molecule has 1 aromatic carbocycles. The molecule has 0 saturated heterocycles. The van der Waals surface area contributed by atoms with E-state index >= 15 is 0 Å². The van der Waals surface area contributed by atoms with Crippen LogP contribution in [0, 0.1) is 18.3 Å². The molecule has 0 bridgehead atoms. The molecule has 3 nitrogen and oxygen atoms in total. The van der Waals surface area contributed by atoms with Crippen molar-refractivity contribution in [3.05, 3.63) is 49.1 Å². The Kier molecular flexibility index (Phi) is 4.25. The molecular weight excluding hydrogens is 348 g/mol. The maximum absolute atomic E-state index is 12.0. The van der Waals surface area contributed by atoms with Crippen LogP contribution in [-0.2, 0) is 0 Å². The summed E-state index contributed by atoms with van der Waals surface area (Å²) in [5.41, 5.74) is 1.90. The molecule has 0 aliphatic heterocycles. The van der Waals surface area contributed by atoms with Gasteiger partial charge in [0.25, 0.3) is 5.91 Å². The molecule has 0 unspecified atom stereocenters. The van der Waals surface area contributed by atoms with E-state index in [9.17, 15) is 4.79 Å². The number of anilines is 1. The molecule has 0 aliphatic carbocycles. The normalized spacial score (nSPS) is 10.0. The number of rotatable bonds is 2. The molecule has 0 fully saturated rings. The number of hydrogen-bond acceptors (Lipinski definition) is 3. The van der Waals surface area contributed by atoms with E-state index in [4.69, 9.17) is 16.9 Å². The summed E-state index contributed by atoms with van der Waals surface area (Å²) < 4.78 is 0.937. The number of carbonyl (C=O) groups excluding carboxylic acids is 1. The highest BCUT2D eigenvalue weighted by Crippen LogP contribution is 2.28. The molecule has 6 heteroatoms. The topological polar surface area (TPSA) is 52.9 Å². The summed E-state index contributed by atoms with van der Waals surface area (Å²) in [4.78, 5) is 12.6. The van der Waals surface area contributed by atoms with Gasteiger partial charge in [-0.3, -0.25) is 4.79 Å². The number of amides is 1. The molecule has 0 atom stereocenters. The third-order valence-corrected chi connectivity index (χ3v) is 4.89. The fraction of sp³-hybridized carbons (Fsp3) is 0.0769. The summed E-state index contributed by atoms with van der Waals surface area (Å²) in [5.74, 6) is -0.204. The number of nitrogens with zero attached hydrogens (tertiary/aromatic N) is 1. The van der Waals surface area contributed by atoms with Crippen LogP contribution in [0.5, 0.6) is 0 Å². The third-order valence-electron chi connectivity index (χ3n) is 2.43. The molecule has 0 radical (unpaired) electrons. The zero-order chi connectivity index (χ0) is 14.0. The number of hydrogen-bond donors (Lipinski definition) is 1. The lowest BCUT2D eigenvalue weighted by molar-refractivity contribution is 0.103. The number of thiophene rings is 1. The second-order valence-electron chi connectivity index (χ2n) is 3.83. The van der Waals surface area contributed by atoms with Gasteiger partial charge in [0.05, 0.1) is 19.2 Å². The Balaban J connectivity index is 2.22. The Morgan fingerprint density at radius 2 is 2.21 bits per heavy atom. The minimum absolute atomic E-state index is 0.204. The van der Waals surface area contributed by atoms with Gasteiger partial charge in [0.2, 0.25) is 0 Å². The first kappa shape index (κ1) is 14.1. The number of nitrogens with one attached hydrogen (secondary N) is 1. The largest absolute Gasteiger partial charge is 0.321 e. The number of aryl methyl sites for hydroxylation is 1. The highest BCUT2D eigenvalue weighted by atomic mass is 79.9. The summed E-state index contributed by atoms with van der Waals surface area (Å²) in [6.45, 7) is 1.92. The van der Waals surface area contributed by atoms with Gasteiger partial charge in [0, 0.05) is 5.69 Å². The van der Waals surface area contributed by atoms with Crippen LogP contribution in [-0.4, -0.2) is 5.91 Å². The van der Waals surface area contributed by atoms with Gasteiger partial charge in [0.15, 0.2) is 0 Å². The number of carbonyl (C=O) groups is 1. The fourth-order valence-corrected chi connectivity index (χ4v) is 3.04. The molecular formula is C13H8BrClN2OS. The van der Waals surface area contributed by atoms with E-state index < -0.39 is 0 Å². The zero-order valence-corrected chi connectivity index (χ0v) is 13.0. The number of halogens is 2. The Bertz CT molecular complexity index is 671. The van der Waals surface area contributed by atoms with E-state index in [2.05, 4.69) is 21.2 Å². The van der Waals surface area contributed by atoms with E-state index in [1.54, 1.807) is 18.2 Å². The predicted molar refractivity (Wildman–Crippen MR) is 80.9 cm³/mol. The van der Waals surface area contributed by atoms with Crippen LogP contribution in [0.1, 0.15) is 20.8 Å². The highest BCUT2D eigenvalue weighted by molar-refractivity contribution is 9.11. The minimum Gasteiger partial charge on any atom is -0.321 e. The zero-order valence-electron chi connectivity index (χ0n) is 9.83. The first-order chi connectivity index (χ1) is 9.01. The van der Waals surface area contributed by atoms with Gasteiger partial charge >= 0.3 is 0 Å². The maximum Gasteiger partial charge on any atom is 0.265 e. The van der Waals surface area contributed by atoms with Gasteiger partial charge in [-0.1, -0.05) is 11.6 Å². The smallest absolute Gasteiger partial charge is 0.265 e. The lowest BCUT2D eigenvalue weighted by Gasteiger charge is -2.04. The van der Waals surface area contributed by atoms with Crippen LogP contribution in [0.2, 0.25) is 5.02 Å². The summed E-state index contributed by atoms with van der Waals surface area (Å²) >= 11 is 10.6. The molecule has 19 heavy (non-hydrogen) atoms. The molecule has 1 amide bonds. The second-order valence-corrected chi connectivity index (χ2v) is 6.61. The minimum atomic E-state index is -0.204. The summed E-state index contributed by atoms with van der Waals surface area (Å²) in [7, 11) is 0. The van der Waals surface area contributed by atoms with Crippen LogP contribution >= 0.6 is 38.9 Å². The van der Waals surface area contributed by atoms with Crippen molar-refractivity contribution in [1.82, 2.24) is 0 Å². The monoisotopic (exact) mass is 354 g/mol. The molecule has 0 spiro atoms. The standard InChI is InChI=1S/C13H8BrClN2OS/c1-7-4-11(19-12(7)14)13(18)17-9-2-3-10(15)8(5-9)6-16/h2-5H,1H3,(H,17,18). The first-order valence-corrected chi connectivity index (χ1v) is 7.27. The van der Waals surface area contributed by atoms with E-state index in [0.29, 0.717) is 21.2 Å². The van der Waals surface area contributed by atoms with Crippen LogP contribution in [0.15, 0.2) is 28.1 Å². The quantitative estimate of drug-likeness (QED) is 0.856. The third kappa shape index (κ3) is 3.16. The van der Waals surface area contributed by atoms with Crippen molar-refractivity contribution < 1.29 is 4.79 Å². The van der Waals surface area contributed by atoms with Crippen LogP contribution in [0.3, 0.4) is 0 Å². The molecule has 2 rings (SSSR count). The Morgan fingerprint density at radius 3 is 2.79 bits per heavy atom. The van der Waals surface area contributed by atoms with E-state index in [0.717, 1.165) is 9.35 Å². The lowest BCUT2D eigenvalue weighted by atomic mass is 10.2. The van der Waals surface area contributed by atoms with Crippen LogP contribution < -0.4 is 5.32 Å². The molecule has 0 saturated carbocycles. The highest BCUT2D eigenvalue weighted by Gasteiger charge is 2.12. The van der Waals surface area contributed by atoms with Crippen molar-refractivity contribution in [1.29, 1.82) is 5.26 Å². The predicted octanol–water partition coefficient (Wildman–Crippen LogP) is 4.60. The van der Waals surface area contributed by atoms with Crippen molar-refractivity contribution in [2.45, 2.75) is 6.92 Å². The van der Waals surface area contributed by atoms with Crippen LogP contribution in [0.4, 0.5) is 5.69 Å². The number of nitriles is 1. The SMILES string of the molecule is Cc1cc(C(=O)Nc2ccc(Cl)c(C#N)c2)sc1Br. The van der Waals surface area contributed by atoms with Crippen molar-refractivity contribution in [3.63, 3.8) is 0 Å². The summed E-state index contributed by atoms with van der Waals surface area (Å²) in [6, 6.07) is 8.59. The van der Waals surface area contributed by atoms with Gasteiger partial charge in [-0.05, 0) is 52.7 Å². The average molecular weight is 356 g/mol. The van der Waals surface area contributed by atoms with Crippen molar-refractivity contribution in [2.75, 3.05) is 5.32 Å².